The van der Waals surface area contributed by atoms with Crippen molar-refractivity contribution in [1.82, 2.24) is 20.1 Å². The van der Waals surface area contributed by atoms with Crippen molar-refractivity contribution in [3.05, 3.63) is 12.2 Å². The summed E-state index contributed by atoms with van der Waals surface area (Å²) < 4.78 is 1.90. The van der Waals surface area contributed by atoms with Crippen molar-refractivity contribution in [2.45, 2.75) is 58.5 Å². The summed E-state index contributed by atoms with van der Waals surface area (Å²) >= 11 is 5.21. The van der Waals surface area contributed by atoms with E-state index >= 15 is 0 Å². The molecule has 21 heavy (non-hydrogen) atoms. The fraction of sp³-hybridized carbons (Fsp3) is 0.714. The molecule has 1 fully saturated rings. The predicted molar refractivity (Wildman–Crippen MR) is 84.5 cm³/mol. The highest BCUT2D eigenvalue weighted by Crippen LogP contribution is 2.35. The zero-order chi connectivity index (χ0) is 15.3. The molecule has 0 radical (unpaired) electrons. The molecule has 2 rings (SSSR count). The Morgan fingerprint density at radius 3 is 2.67 bits per heavy atom. The van der Waals surface area contributed by atoms with Gasteiger partial charge in [-0.2, -0.15) is 0 Å². The van der Waals surface area contributed by atoms with E-state index < -0.39 is 5.41 Å². The first kappa shape index (κ1) is 15.9. The number of carbonyl (C=O) groups excluding carboxylic acids is 1. The second kappa shape index (κ2) is 6.98. The average Bonchev–Trinajstić information content (AvgIpc) is 2.77. The number of amides is 1. The maximum absolute atomic E-state index is 12.7. The summed E-state index contributed by atoms with van der Waals surface area (Å²) in [5, 5.41) is 10.8. The summed E-state index contributed by atoms with van der Waals surface area (Å²) in [4.78, 5) is 13.0. The quantitative estimate of drug-likeness (QED) is 0.636. The first-order valence-electron chi connectivity index (χ1n) is 7.55. The lowest BCUT2D eigenvalue weighted by atomic mass is 9.79. The van der Waals surface area contributed by atoms with E-state index in [-0.39, 0.29) is 5.91 Å². The standard InChI is InChI=1S/C14H23N5OS/c1-2-19-10-17-18-11(19)9-16-13(20)14(12(15)21)7-5-3-4-6-8-14/h10H,2-9H2,1H3,(H2,15,21)(H,16,20). The highest BCUT2D eigenvalue weighted by atomic mass is 32.1. The summed E-state index contributed by atoms with van der Waals surface area (Å²) in [6.45, 7) is 3.15. The van der Waals surface area contributed by atoms with Crippen molar-refractivity contribution >= 4 is 23.1 Å². The van der Waals surface area contributed by atoms with Crippen LogP contribution in [-0.4, -0.2) is 25.7 Å². The fourth-order valence-corrected chi connectivity index (χ4v) is 3.22. The number of nitrogens with two attached hydrogens (primary N) is 1. The van der Waals surface area contributed by atoms with Gasteiger partial charge in [-0.25, -0.2) is 0 Å². The normalized spacial score (nSPS) is 18.0. The lowest BCUT2D eigenvalue weighted by molar-refractivity contribution is -0.128. The van der Waals surface area contributed by atoms with Gasteiger partial charge in [-0.05, 0) is 19.8 Å². The number of rotatable bonds is 5. The van der Waals surface area contributed by atoms with Gasteiger partial charge in [0.05, 0.1) is 16.9 Å². The van der Waals surface area contributed by atoms with Gasteiger partial charge in [-0.1, -0.05) is 37.9 Å². The van der Waals surface area contributed by atoms with Crippen LogP contribution in [0.5, 0.6) is 0 Å². The molecule has 1 aliphatic rings. The molecule has 0 bridgehead atoms. The lowest BCUT2D eigenvalue weighted by Gasteiger charge is -2.30. The van der Waals surface area contributed by atoms with Crippen LogP contribution >= 0.6 is 12.2 Å². The second-order valence-corrected chi connectivity index (χ2v) is 6.02. The van der Waals surface area contributed by atoms with Crippen LogP contribution < -0.4 is 11.1 Å². The van der Waals surface area contributed by atoms with Gasteiger partial charge in [0.15, 0.2) is 5.82 Å². The Bertz CT molecular complexity index is 505. The van der Waals surface area contributed by atoms with E-state index in [0.717, 1.165) is 50.9 Å². The Kier molecular flexibility index (Phi) is 5.27. The highest BCUT2D eigenvalue weighted by molar-refractivity contribution is 7.80. The molecular formula is C14H23N5OS. The Morgan fingerprint density at radius 2 is 2.10 bits per heavy atom. The molecule has 0 unspecified atom stereocenters. The number of thiocarbonyl (C=S) groups is 1. The Labute approximate surface area is 130 Å². The Morgan fingerprint density at radius 1 is 1.43 bits per heavy atom. The molecule has 0 aliphatic heterocycles. The number of carbonyl (C=O) groups is 1. The molecule has 0 saturated heterocycles. The van der Waals surface area contributed by atoms with E-state index in [4.69, 9.17) is 18.0 Å². The summed E-state index contributed by atoms with van der Waals surface area (Å²) in [5.41, 5.74) is 5.22. The van der Waals surface area contributed by atoms with Crippen LogP contribution in [0.3, 0.4) is 0 Å². The predicted octanol–water partition coefficient (Wildman–Crippen LogP) is 1.54. The van der Waals surface area contributed by atoms with Crippen molar-refractivity contribution in [2.75, 3.05) is 0 Å². The lowest BCUT2D eigenvalue weighted by Crippen LogP contribution is -2.48. The molecule has 3 N–H and O–H groups in total. The van der Waals surface area contributed by atoms with Crippen molar-refractivity contribution in [3.63, 3.8) is 0 Å². The van der Waals surface area contributed by atoms with Gasteiger partial charge in [0.25, 0.3) is 0 Å². The summed E-state index contributed by atoms with van der Waals surface area (Å²) in [6, 6.07) is 0. The fourth-order valence-electron chi connectivity index (χ4n) is 2.93. The van der Waals surface area contributed by atoms with Crippen molar-refractivity contribution < 1.29 is 4.79 Å². The van der Waals surface area contributed by atoms with Crippen molar-refractivity contribution in [3.8, 4) is 0 Å². The molecule has 0 aromatic carbocycles. The van der Waals surface area contributed by atoms with Crippen LogP contribution in [0.2, 0.25) is 0 Å². The first-order chi connectivity index (χ1) is 10.1. The Hall–Kier alpha value is -1.50. The average molecular weight is 309 g/mol. The smallest absolute Gasteiger partial charge is 0.233 e. The molecule has 1 heterocycles. The maximum atomic E-state index is 12.7. The molecule has 6 nitrogen and oxygen atoms in total. The van der Waals surface area contributed by atoms with Crippen LogP contribution in [0.25, 0.3) is 0 Å². The number of nitrogens with one attached hydrogen (secondary N) is 1. The van der Waals surface area contributed by atoms with E-state index in [1.807, 2.05) is 11.5 Å². The molecular weight excluding hydrogens is 286 g/mol. The molecule has 1 aliphatic carbocycles. The van der Waals surface area contributed by atoms with Gasteiger partial charge in [0.1, 0.15) is 6.33 Å². The van der Waals surface area contributed by atoms with E-state index in [9.17, 15) is 4.79 Å². The minimum Gasteiger partial charge on any atom is -0.392 e. The van der Waals surface area contributed by atoms with Crippen molar-refractivity contribution in [2.24, 2.45) is 11.1 Å². The topological polar surface area (TPSA) is 85.8 Å². The van der Waals surface area contributed by atoms with Crippen LogP contribution in [-0.2, 0) is 17.9 Å². The van der Waals surface area contributed by atoms with Crippen LogP contribution in [0.4, 0.5) is 0 Å². The van der Waals surface area contributed by atoms with E-state index in [0.29, 0.717) is 11.5 Å². The molecule has 1 aromatic heterocycles. The highest BCUT2D eigenvalue weighted by Gasteiger charge is 2.41. The van der Waals surface area contributed by atoms with Gasteiger partial charge in [0.2, 0.25) is 5.91 Å². The van der Waals surface area contributed by atoms with E-state index in [2.05, 4.69) is 15.5 Å². The number of hydrogen-bond donors (Lipinski definition) is 2. The number of hydrogen-bond acceptors (Lipinski definition) is 4. The minimum atomic E-state index is -0.692. The third-order valence-electron chi connectivity index (χ3n) is 4.31. The van der Waals surface area contributed by atoms with Gasteiger partial charge < -0.3 is 15.6 Å². The maximum Gasteiger partial charge on any atom is 0.233 e. The zero-order valence-corrected chi connectivity index (χ0v) is 13.3. The molecule has 116 valence electrons. The third-order valence-corrected chi connectivity index (χ3v) is 4.70. The minimum absolute atomic E-state index is 0.0671. The molecule has 7 heteroatoms. The van der Waals surface area contributed by atoms with Crippen molar-refractivity contribution in [1.29, 1.82) is 0 Å². The molecule has 1 aromatic rings. The number of aryl methyl sites for hydroxylation is 1. The first-order valence-corrected chi connectivity index (χ1v) is 7.96. The van der Waals surface area contributed by atoms with Crippen LogP contribution in [0.1, 0.15) is 51.3 Å². The van der Waals surface area contributed by atoms with Gasteiger partial charge in [-0.3, -0.25) is 4.79 Å². The van der Waals surface area contributed by atoms with E-state index in [1.165, 1.54) is 0 Å². The van der Waals surface area contributed by atoms with Gasteiger partial charge in [-0.15, -0.1) is 10.2 Å². The SMILES string of the molecule is CCn1cnnc1CNC(=O)C1(C(N)=S)CCCCCC1. The third kappa shape index (κ3) is 3.40. The molecule has 1 saturated carbocycles. The zero-order valence-electron chi connectivity index (χ0n) is 12.5. The van der Waals surface area contributed by atoms with Gasteiger partial charge >= 0.3 is 0 Å². The summed E-state index contributed by atoms with van der Waals surface area (Å²) in [6.07, 6.45) is 7.43. The monoisotopic (exact) mass is 309 g/mol. The van der Waals surface area contributed by atoms with Gasteiger partial charge in [0, 0.05) is 6.54 Å². The number of aromatic nitrogens is 3. The molecule has 1 amide bonds. The Balaban J connectivity index is 2.07. The van der Waals surface area contributed by atoms with Crippen LogP contribution in [0.15, 0.2) is 6.33 Å². The number of nitrogens with zero attached hydrogens (tertiary/aromatic N) is 3. The van der Waals surface area contributed by atoms with E-state index in [1.54, 1.807) is 6.33 Å². The largest absolute Gasteiger partial charge is 0.392 e. The second-order valence-electron chi connectivity index (χ2n) is 5.58. The van der Waals surface area contributed by atoms with Crippen LogP contribution in [0, 0.1) is 5.41 Å². The summed E-state index contributed by atoms with van der Waals surface area (Å²) in [7, 11) is 0. The molecule has 0 atom stereocenters. The molecule has 0 spiro atoms. The summed E-state index contributed by atoms with van der Waals surface area (Å²) in [5.74, 6) is 0.681.